The first-order chi connectivity index (χ1) is 12.8. The van der Waals surface area contributed by atoms with Crippen molar-refractivity contribution < 1.29 is 5.11 Å². The second kappa shape index (κ2) is 8.03. The number of benzene rings is 1. The highest BCUT2D eigenvalue weighted by atomic mass is 32.1. The third kappa shape index (κ3) is 3.98. The molecule has 26 heavy (non-hydrogen) atoms. The lowest BCUT2D eigenvalue weighted by Crippen LogP contribution is -2.35. The molecule has 0 unspecified atom stereocenters. The fraction of sp³-hybridized carbons (Fsp3) is 0.350. The van der Waals surface area contributed by atoms with E-state index in [0.717, 1.165) is 48.7 Å². The molecule has 1 N–H and O–H groups in total. The molecular formula is C20H22N4OS. The molecular weight excluding hydrogens is 344 g/mol. The molecule has 1 atom stereocenters. The fourth-order valence-electron chi connectivity index (χ4n) is 3.47. The van der Waals surface area contributed by atoms with Gasteiger partial charge in [-0.25, -0.2) is 15.0 Å². The Morgan fingerprint density at radius 2 is 1.81 bits per heavy atom. The number of aliphatic hydroxyl groups is 1. The van der Waals surface area contributed by atoms with Crippen LogP contribution < -0.4 is 0 Å². The van der Waals surface area contributed by atoms with Gasteiger partial charge >= 0.3 is 0 Å². The number of rotatable bonds is 5. The maximum Gasteiger partial charge on any atom is 0.188 e. The topological polar surface area (TPSA) is 62.1 Å². The van der Waals surface area contributed by atoms with E-state index < -0.39 is 0 Å². The molecule has 3 heterocycles. The molecule has 4 rings (SSSR count). The molecule has 1 aromatic carbocycles. The Labute approximate surface area is 157 Å². The first-order valence-electron chi connectivity index (χ1n) is 8.97. The highest BCUT2D eigenvalue weighted by molar-refractivity contribution is 7.13. The monoisotopic (exact) mass is 366 g/mol. The second-order valence-electron chi connectivity index (χ2n) is 6.69. The molecule has 0 amide bonds. The van der Waals surface area contributed by atoms with Gasteiger partial charge in [0, 0.05) is 24.3 Å². The van der Waals surface area contributed by atoms with Gasteiger partial charge in [0.1, 0.15) is 0 Å². The van der Waals surface area contributed by atoms with Crippen LogP contribution in [0.15, 0.2) is 54.2 Å². The Hall–Kier alpha value is -2.15. The van der Waals surface area contributed by atoms with Gasteiger partial charge in [-0.3, -0.25) is 4.90 Å². The maximum absolute atomic E-state index is 10.6. The number of thiazole rings is 1. The van der Waals surface area contributed by atoms with Crippen LogP contribution in [0.5, 0.6) is 0 Å². The van der Waals surface area contributed by atoms with Crippen molar-refractivity contribution in [3.8, 4) is 10.8 Å². The first-order valence-corrected chi connectivity index (χ1v) is 9.85. The Morgan fingerprint density at radius 3 is 2.54 bits per heavy atom. The minimum Gasteiger partial charge on any atom is -0.388 e. The van der Waals surface area contributed by atoms with Crippen molar-refractivity contribution >= 4 is 11.3 Å². The SMILES string of the molecule is O[C@H](c1ccccc1)C1CCN(Cc2csc(-c3ncccn3)n2)CC1. The molecule has 0 radical (unpaired) electrons. The van der Waals surface area contributed by atoms with Gasteiger partial charge in [-0.15, -0.1) is 11.3 Å². The number of hydrogen-bond donors (Lipinski definition) is 1. The highest BCUT2D eigenvalue weighted by Crippen LogP contribution is 2.31. The summed E-state index contributed by atoms with van der Waals surface area (Å²) in [6.07, 6.45) is 5.14. The zero-order valence-corrected chi connectivity index (χ0v) is 15.3. The van der Waals surface area contributed by atoms with Gasteiger partial charge in [-0.05, 0) is 43.5 Å². The normalized spacial score (nSPS) is 17.3. The van der Waals surface area contributed by atoms with Crippen LogP contribution in [0.2, 0.25) is 0 Å². The molecule has 134 valence electrons. The summed E-state index contributed by atoms with van der Waals surface area (Å²) in [4.78, 5) is 15.6. The number of hydrogen-bond acceptors (Lipinski definition) is 6. The molecule has 0 aliphatic carbocycles. The summed E-state index contributed by atoms with van der Waals surface area (Å²) in [7, 11) is 0. The highest BCUT2D eigenvalue weighted by Gasteiger charge is 2.26. The summed E-state index contributed by atoms with van der Waals surface area (Å²) >= 11 is 1.59. The quantitative estimate of drug-likeness (QED) is 0.748. The molecule has 0 spiro atoms. The molecule has 0 bridgehead atoms. The summed E-state index contributed by atoms with van der Waals surface area (Å²) in [5.74, 6) is 1.02. The van der Waals surface area contributed by atoms with Crippen LogP contribution in [0.25, 0.3) is 10.8 Å². The molecule has 0 saturated carbocycles. The smallest absolute Gasteiger partial charge is 0.188 e. The van der Waals surface area contributed by atoms with Gasteiger partial charge in [-0.1, -0.05) is 30.3 Å². The fourth-order valence-corrected chi connectivity index (χ4v) is 4.23. The Balaban J connectivity index is 1.32. The van der Waals surface area contributed by atoms with Crippen molar-refractivity contribution in [3.63, 3.8) is 0 Å². The van der Waals surface area contributed by atoms with Gasteiger partial charge in [0.2, 0.25) is 0 Å². The summed E-state index contributed by atoms with van der Waals surface area (Å²) in [5, 5.41) is 13.6. The van der Waals surface area contributed by atoms with Crippen molar-refractivity contribution in [2.24, 2.45) is 5.92 Å². The predicted octanol–water partition coefficient (Wildman–Crippen LogP) is 3.55. The average Bonchev–Trinajstić information content (AvgIpc) is 3.18. The third-order valence-electron chi connectivity index (χ3n) is 4.91. The molecule has 5 nitrogen and oxygen atoms in total. The van der Waals surface area contributed by atoms with E-state index in [0.29, 0.717) is 11.7 Å². The summed E-state index contributed by atoms with van der Waals surface area (Å²) in [6.45, 7) is 2.82. The summed E-state index contributed by atoms with van der Waals surface area (Å²) in [5.41, 5.74) is 2.09. The lowest BCUT2D eigenvalue weighted by Gasteiger charge is -2.34. The van der Waals surface area contributed by atoms with E-state index in [9.17, 15) is 5.11 Å². The molecule has 1 aliphatic heterocycles. The van der Waals surface area contributed by atoms with Crippen LogP contribution in [0.3, 0.4) is 0 Å². The largest absolute Gasteiger partial charge is 0.388 e. The van der Waals surface area contributed by atoms with E-state index in [2.05, 4.69) is 25.2 Å². The lowest BCUT2D eigenvalue weighted by atomic mass is 9.87. The summed E-state index contributed by atoms with van der Waals surface area (Å²) < 4.78 is 0. The van der Waals surface area contributed by atoms with Crippen LogP contribution in [-0.4, -0.2) is 38.0 Å². The van der Waals surface area contributed by atoms with E-state index in [1.807, 2.05) is 36.4 Å². The Kier molecular flexibility index (Phi) is 5.34. The predicted molar refractivity (Wildman–Crippen MR) is 103 cm³/mol. The zero-order chi connectivity index (χ0) is 17.8. The van der Waals surface area contributed by atoms with Crippen LogP contribution in [0.4, 0.5) is 0 Å². The number of aliphatic hydroxyl groups excluding tert-OH is 1. The first kappa shape index (κ1) is 17.3. The van der Waals surface area contributed by atoms with Gasteiger partial charge < -0.3 is 5.11 Å². The molecule has 1 fully saturated rings. The van der Waals surface area contributed by atoms with E-state index in [1.54, 1.807) is 23.7 Å². The Bertz CT molecular complexity index is 816. The zero-order valence-electron chi connectivity index (χ0n) is 14.5. The van der Waals surface area contributed by atoms with E-state index in [1.165, 1.54) is 0 Å². The third-order valence-corrected chi connectivity index (χ3v) is 5.80. The van der Waals surface area contributed by atoms with Crippen LogP contribution in [-0.2, 0) is 6.54 Å². The molecule has 2 aromatic heterocycles. The number of nitrogens with zero attached hydrogens (tertiary/aromatic N) is 4. The minimum atomic E-state index is -0.362. The number of piperidine rings is 1. The summed E-state index contributed by atoms with van der Waals surface area (Å²) in [6, 6.07) is 11.8. The second-order valence-corrected chi connectivity index (χ2v) is 7.54. The molecule has 1 saturated heterocycles. The van der Waals surface area contributed by atoms with Gasteiger partial charge in [0.05, 0.1) is 11.8 Å². The van der Waals surface area contributed by atoms with Crippen molar-refractivity contribution in [3.05, 3.63) is 65.4 Å². The van der Waals surface area contributed by atoms with Crippen molar-refractivity contribution in [2.75, 3.05) is 13.1 Å². The van der Waals surface area contributed by atoms with Crippen molar-refractivity contribution in [1.29, 1.82) is 0 Å². The van der Waals surface area contributed by atoms with Gasteiger partial charge in [0.25, 0.3) is 0 Å². The minimum absolute atomic E-state index is 0.331. The van der Waals surface area contributed by atoms with Crippen molar-refractivity contribution in [1.82, 2.24) is 19.9 Å². The van der Waals surface area contributed by atoms with E-state index >= 15 is 0 Å². The van der Waals surface area contributed by atoms with Crippen molar-refractivity contribution in [2.45, 2.75) is 25.5 Å². The number of likely N-dealkylation sites (tertiary alicyclic amines) is 1. The average molecular weight is 366 g/mol. The van der Waals surface area contributed by atoms with E-state index in [-0.39, 0.29) is 6.10 Å². The van der Waals surface area contributed by atoms with Gasteiger partial charge in [0.15, 0.2) is 10.8 Å². The lowest BCUT2D eigenvalue weighted by molar-refractivity contribution is 0.0565. The molecule has 1 aliphatic rings. The Morgan fingerprint density at radius 1 is 1.08 bits per heavy atom. The van der Waals surface area contributed by atoms with Crippen LogP contribution in [0, 0.1) is 5.92 Å². The van der Waals surface area contributed by atoms with Gasteiger partial charge in [-0.2, -0.15) is 0 Å². The standard InChI is InChI=1S/C20H22N4OS/c25-18(15-5-2-1-3-6-15)16-7-11-24(12-8-16)13-17-14-26-20(23-17)19-21-9-4-10-22-19/h1-6,9-10,14,16,18,25H,7-8,11-13H2/t18-/m1/s1. The maximum atomic E-state index is 10.6. The van der Waals surface area contributed by atoms with E-state index in [4.69, 9.17) is 0 Å². The molecule has 3 aromatic rings. The van der Waals surface area contributed by atoms with Crippen LogP contribution in [0.1, 0.15) is 30.2 Å². The van der Waals surface area contributed by atoms with Crippen LogP contribution >= 0.6 is 11.3 Å². The number of aromatic nitrogens is 3. The molecule has 6 heteroatoms.